The van der Waals surface area contributed by atoms with E-state index in [1.54, 1.807) is 0 Å². The average Bonchev–Trinajstić information content (AvgIpc) is 1.55. The monoisotopic (exact) mass is 390 g/mol. The molecule has 0 heterocycles. The second-order valence-electron chi connectivity index (χ2n) is 4.61. The molecule has 0 amide bonds. The van der Waals surface area contributed by atoms with Crippen LogP contribution >= 0.6 is 0 Å². The Hall–Kier alpha value is 1.42. The van der Waals surface area contributed by atoms with Crippen molar-refractivity contribution in [3.05, 3.63) is 0 Å². The second kappa shape index (κ2) is 4.60. The molecule has 0 rings (SSSR count). The van der Waals surface area contributed by atoms with Crippen molar-refractivity contribution in [2.45, 2.75) is 29.6 Å². The van der Waals surface area contributed by atoms with Crippen LogP contribution in [0.25, 0.3) is 0 Å². The maximum absolute atomic E-state index is 4.55. The van der Waals surface area contributed by atoms with Crippen molar-refractivity contribution < 1.29 is 0 Å². The molecule has 0 fully saturated rings. The molecule has 0 saturated heterocycles. The molecule has 0 aromatic carbocycles. The summed E-state index contributed by atoms with van der Waals surface area (Å²) in [5.74, 6) is 0. The zero-order valence-corrected chi connectivity index (χ0v) is 14.8. The molecule has 0 aliphatic heterocycles. The topological polar surface area (TPSA) is 24.7 Å². The van der Waals surface area contributed by atoms with Crippen LogP contribution < -0.4 is 0 Å². The molecular formula is C6H18N2SSn2. The van der Waals surface area contributed by atoms with Crippen LogP contribution in [0, 0.1) is 0 Å². The third kappa shape index (κ3) is 11.4. The van der Waals surface area contributed by atoms with E-state index in [-0.39, 0.29) is 0 Å². The first kappa shape index (κ1) is 12.4. The van der Waals surface area contributed by atoms with Crippen LogP contribution in [-0.2, 0) is 11.4 Å². The Labute approximate surface area is 82.5 Å². The zero-order chi connectivity index (χ0) is 9.12. The first-order chi connectivity index (χ1) is 4.71. The van der Waals surface area contributed by atoms with E-state index < -0.39 is 37.3 Å². The molecule has 0 saturated carbocycles. The van der Waals surface area contributed by atoms with Gasteiger partial charge in [-0.25, -0.2) is 0 Å². The molecule has 0 unspecified atom stereocenters. The predicted molar refractivity (Wildman–Crippen MR) is 58.9 cm³/mol. The molecule has 2 nitrogen and oxygen atoms in total. The van der Waals surface area contributed by atoms with Crippen LogP contribution in [0.1, 0.15) is 0 Å². The van der Waals surface area contributed by atoms with Gasteiger partial charge in [-0.3, -0.25) is 0 Å². The van der Waals surface area contributed by atoms with Gasteiger partial charge in [0, 0.05) is 0 Å². The Kier molecular flexibility index (Phi) is 5.19. The SMILES string of the molecule is [CH3][Sn]([CH3])([CH3])[N]=S=[N][Sn]([CH3])([CH3])[CH3]. The van der Waals surface area contributed by atoms with Gasteiger partial charge >= 0.3 is 83.5 Å². The van der Waals surface area contributed by atoms with Gasteiger partial charge in [0.25, 0.3) is 0 Å². The summed E-state index contributed by atoms with van der Waals surface area (Å²) < 4.78 is 9.11. The van der Waals surface area contributed by atoms with Crippen molar-refractivity contribution in [1.29, 1.82) is 0 Å². The van der Waals surface area contributed by atoms with E-state index >= 15 is 0 Å². The Morgan fingerprint density at radius 1 is 0.727 bits per heavy atom. The third-order valence-electron chi connectivity index (χ3n) is 0.629. The van der Waals surface area contributed by atoms with Gasteiger partial charge < -0.3 is 0 Å². The molecule has 0 aliphatic rings. The quantitative estimate of drug-likeness (QED) is 0.651. The van der Waals surface area contributed by atoms with Gasteiger partial charge in [0.1, 0.15) is 0 Å². The molecule has 66 valence electrons. The van der Waals surface area contributed by atoms with Crippen LogP contribution in [0.5, 0.6) is 0 Å². The maximum atomic E-state index is 4.55. The molecule has 0 aromatic heterocycles. The summed E-state index contributed by atoms with van der Waals surface area (Å²) in [5.41, 5.74) is 0. The van der Waals surface area contributed by atoms with Crippen LogP contribution in [0.15, 0.2) is 5.17 Å². The second-order valence-corrected chi connectivity index (χ2v) is 33.0. The minimum absolute atomic E-state index is 1.50. The fourth-order valence-corrected chi connectivity index (χ4v) is 7.69. The van der Waals surface area contributed by atoms with Crippen molar-refractivity contribution in [1.82, 2.24) is 0 Å². The predicted octanol–water partition coefficient (Wildman–Crippen LogP) is 3.11. The summed E-state index contributed by atoms with van der Waals surface area (Å²) in [4.78, 5) is 13.8. The molecule has 0 spiro atoms. The molecule has 0 N–H and O–H groups in total. The van der Waals surface area contributed by atoms with Crippen molar-refractivity contribution >= 4 is 48.7 Å². The van der Waals surface area contributed by atoms with Crippen LogP contribution in [0.3, 0.4) is 0 Å². The molecule has 11 heavy (non-hydrogen) atoms. The molecular weight excluding hydrogens is 370 g/mol. The molecule has 5 heteroatoms. The average molecular weight is 388 g/mol. The van der Waals surface area contributed by atoms with E-state index in [1.165, 1.54) is 11.4 Å². The van der Waals surface area contributed by atoms with Crippen LogP contribution in [-0.4, -0.2) is 37.3 Å². The van der Waals surface area contributed by atoms with Gasteiger partial charge in [-0.15, -0.1) is 0 Å². The van der Waals surface area contributed by atoms with Gasteiger partial charge in [-0.1, -0.05) is 0 Å². The van der Waals surface area contributed by atoms with E-state index in [0.717, 1.165) is 0 Å². The Balaban J connectivity index is 4.25. The Morgan fingerprint density at radius 3 is 1.18 bits per heavy atom. The van der Waals surface area contributed by atoms with E-state index in [9.17, 15) is 0 Å². The summed E-state index contributed by atoms with van der Waals surface area (Å²) in [5, 5.41) is 0. The Bertz CT molecular complexity index is 166. The summed E-state index contributed by atoms with van der Waals surface area (Å²) in [7, 11) is 0. The number of nitrogens with zero attached hydrogens (tertiary/aromatic N) is 2. The first-order valence-corrected chi connectivity index (χ1v) is 24.2. The van der Waals surface area contributed by atoms with Gasteiger partial charge in [0.2, 0.25) is 0 Å². The van der Waals surface area contributed by atoms with Gasteiger partial charge in [-0.2, -0.15) is 0 Å². The van der Waals surface area contributed by atoms with Crippen LogP contribution in [0.2, 0.25) is 29.6 Å². The summed E-state index contributed by atoms with van der Waals surface area (Å²) >= 11 is -2.26. The normalized spacial score (nSPS) is 12.5. The standard InChI is InChI=1S/6CH3.N2S.2Sn/c;;;;;;1-3-2;;/h6*1H3;;;/q;;;;;;-2;2*+1. The summed E-state index contributed by atoms with van der Waals surface area (Å²) in [6.07, 6.45) is 0. The van der Waals surface area contributed by atoms with Crippen molar-refractivity contribution in [2.24, 2.45) is 5.17 Å². The fraction of sp³-hybridized carbons (Fsp3) is 1.00. The zero-order valence-electron chi connectivity index (χ0n) is 8.30. The summed E-state index contributed by atoms with van der Waals surface area (Å²) in [6, 6.07) is 0. The number of rotatable bonds is 2. The fourth-order valence-electron chi connectivity index (χ4n) is 0.265. The number of hydrogen-bond donors (Lipinski definition) is 0. The van der Waals surface area contributed by atoms with E-state index in [2.05, 4.69) is 34.8 Å². The van der Waals surface area contributed by atoms with E-state index in [0.29, 0.717) is 0 Å². The molecule has 0 radical (unpaired) electrons. The summed E-state index contributed by atoms with van der Waals surface area (Å²) in [6.45, 7) is 0. The van der Waals surface area contributed by atoms with Gasteiger partial charge in [-0.05, 0) is 0 Å². The van der Waals surface area contributed by atoms with Gasteiger partial charge in [0.15, 0.2) is 0 Å². The van der Waals surface area contributed by atoms with E-state index in [1.807, 2.05) is 0 Å². The molecule has 0 aromatic rings. The van der Waals surface area contributed by atoms with Crippen molar-refractivity contribution in [2.75, 3.05) is 0 Å². The number of hydrogen-bond acceptors (Lipinski definition) is 2. The Morgan fingerprint density at radius 2 is 1.00 bits per heavy atom. The van der Waals surface area contributed by atoms with Gasteiger partial charge in [0.05, 0.1) is 0 Å². The molecule has 0 bridgehead atoms. The molecule has 0 aliphatic carbocycles. The molecule has 0 atom stereocenters. The third-order valence-corrected chi connectivity index (χ3v) is 12.7. The van der Waals surface area contributed by atoms with Crippen LogP contribution in [0.4, 0.5) is 0 Å². The van der Waals surface area contributed by atoms with E-state index in [4.69, 9.17) is 0 Å². The first-order valence-electron chi connectivity index (χ1n) is 3.81. The van der Waals surface area contributed by atoms with Crippen molar-refractivity contribution in [3.63, 3.8) is 0 Å². The minimum atomic E-state index is -1.88. The van der Waals surface area contributed by atoms with Crippen molar-refractivity contribution in [3.8, 4) is 0 Å².